The van der Waals surface area contributed by atoms with Crippen molar-refractivity contribution < 1.29 is 19.0 Å². The fourth-order valence-corrected chi connectivity index (χ4v) is 3.67. The molecule has 0 saturated carbocycles. The minimum Gasteiger partial charge on any atom is -0.464 e. The van der Waals surface area contributed by atoms with E-state index in [4.69, 9.17) is 14.2 Å². The van der Waals surface area contributed by atoms with E-state index >= 15 is 0 Å². The summed E-state index contributed by atoms with van der Waals surface area (Å²) in [4.78, 5) is 18.9. The molecule has 0 atom stereocenters. The van der Waals surface area contributed by atoms with Crippen LogP contribution in [-0.2, 0) is 20.9 Å². The molecule has 8 nitrogen and oxygen atoms in total. The number of carbonyl (C=O) groups excluding carboxylic acids is 1. The predicted octanol–water partition coefficient (Wildman–Crippen LogP) is 2.37. The van der Waals surface area contributed by atoms with Crippen LogP contribution in [-0.4, -0.2) is 68.8 Å². The number of aromatic nitrogens is 3. The van der Waals surface area contributed by atoms with Crippen molar-refractivity contribution in [2.24, 2.45) is 0 Å². The Balaban J connectivity index is 1.84. The molecule has 1 aliphatic rings. The number of morpholine rings is 1. The molecular formula is C18H28N4O4Si. The van der Waals surface area contributed by atoms with Crippen LogP contribution >= 0.6 is 0 Å². The van der Waals surface area contributed by atoms with Crippen molar-refractivity contribution in [3.05, 3.63) is 18.0 Å². The number of esters is 1. The Morgan fingerprint density at radius 3 is 2.70 bits per heavy atom. The Morgan fingerprint density at radius 1 is 1.30 bits per heavy atom. The van der Waals surface area contributed by atoms with E-state index in [-0.39, 0.29) is 12.4 Å². The highest BCUT2D eigenvalue weighted by Gasteiger charge is 2.21. The van der Waals surface area contributed by atoms with Crippen molar-refractivity contribution in [2.45, 2.75) is 32.4 Å². The van der Waals surface area contributed by atoms with Crippen molar-refractivity contribution in [3.8, 4) is 0 Å². The number of nitrogens with zero attached hydrogens (tertiary/aromatic N) is 4. The normalized spacial score (nSPS) is 15.3. The van der Waals surface area contributed by atoms with E-state index in [1.54, 1.807) is 4.68 Å². The van der Waals surface area contributed by atoms with Crippen molar-refractivity contribution in [2.75, 3.05) is 44.9 Å². The first-order valence-electron chi connectivity index (χ1n) is 9.24. The van der Waals surface area contributed by atoms with Crippen LogP contribution in [0.2, 0.25) is 25.7 Å². The molecule has 1 fully saturated rings. The van der Waals surface area contributed by atoms with Gasteiger partial charge in [0.2, 0.25) is 0 Å². The smallest absolute Gasteiger partial charge is 0.359 e. The Bertz CT molecular complexity index is 796. The van der Waals surface area contributed by atoms with Crippen LogP contribution in [0.25, 0.3) is 11.0 Å². The molecule has 0 aliphatic carbocycles. The van der Waals surface area contributed by atoms with Gasteiger partial charge in [0.1, 0.15) is 6.73 Å². The second kappa shape index (κ2) is 8.36. The Hall–Kier alpha value is -1.97. The zero-order valence-corrected chi connectivity index (χ0v) is 17.5. The van der Waals surface area contributed by atoms with Gasteiger partial charge >= 0.3 is 5.97 Å². The lowest BCUT2D eigenvalue weighted by Gasteiger charge is -2.28. The van der Waals surface area contributed by atoms with Gasteiger partial charge in [0.25, 0.3) is 0 Å². The first-order chi connectivity index (χ1) is 12.9. The van der Waals surface area contributed by atoms with Gasteiger partial charge in [-0.1, -0.05) is 19.6 Å². The van der Waals surface area contributed by atoms with Gasteiger partial charge in [-0.25, -0.2) is 14.5 Å². The van der Waals surface area contributed by atoms with E-state index in [9.17, 15) is 4.79 Å². The van der Waals surface area contributed by atoms with Crippen molar-refractivity contribution >= 4 is 30.8 Å². The van der Waals surface area contributed by atoms with Gasteiger partial charge in [0.15, 0.2) is 11.3 Å². The van der Waals surface area contributed by atoms with Crippen LogP contribution in [0, 0.1) is 0 Å². The summed E-state index contributed by atoms with van der Waals surface area (Å²) in [7, 11) is 0.204. The van der Waals surface area contributed by atoms with Crippen molar-refractivity contribution in [1.29, 1.82) is 0 Å². The molecule has 2 aromatic rings. The van der Waals surface area contributed by atoms with Gasteiger partial charge in [0, 0.05) is 27.8 Å². The van der Waals surface area contributed by atoms with Gasteiger partial charge in [-0.3, -0.25) is 0 Å². The Morgan fingerprint density at radius 2 is 2.04 bits per heavy atom. The molecule has 1 saturated heterocycles. The van der Waals surface area contributed by atoms with Gasteiger partial charge in [-0.2, -0.15) is 5.10 Å². The average molecular weight is 393 g/mol. The minimum absolute atomic E-state index is 0.266. The SMILES string of the molecule is COC(=O)c1nn(COCC[Si](C)(C)C)c2ncc(N3CCOCC3)cc12. The Labute approximate surface area is 160 Å². The number of fused-ring (bicyclic) bond motifs is 1. The lowest BCUT2D eigenvalue weighted by Crippen LogP contribution is -2.36. The molecule has 0 radical (unpaired) electrons. The first kappa shape index (κ1) is 19.8. The van der Waals surface area contributed by atoms with Gasteiger partial charge < -0.3 is 19.1 Å². The maximum atomic E-state index is 12.2. The van der Waals surface area contributed by atoms with E-state index in [0.717, 1.165) is 24.8 Å². The van der Waals surface area contributed by atoms with Crippen LogP contribution in [0.15, 0.2) is 12.3 Å². The van der Waals surface area contributed by atoms with Crippen LogP contribution in [0.4, 0.5) is 5.69 Å². The van der Waals surface area contributed by atoms with Gasteiger partial charge in [-0.15, -0.1) is 0 Å². The van der Waals surface area contributed by atoms with Gasteiger partial charge in [0.05, 0.1) is 37.6 Å². The highest BCUT2D eigenvalue weighted by atomic mass is 28.3. The predicted molar refractivity (Wildman–Crippen MR) is 106 cm³/mol. The molecule has 0 unspecified atom stereocenters. The summed E-state index contributed by atoms with van der Waals surface area (Å²) in [5, 5.41) is 5.08. The summed E-state index contributed by atoms with van der Waals surface area (Å²) in [6.07, 6.45) is 1.81. The second-order valence-electron chi connectivity index (χ2n) is 7.85. The number of ether oxygens (including phenoxy) is 3. The van der Waals surface area contributed by atoms with E-state index in [1.165, 1.54) is 7.11 Å². The van der Waals surface area contributed by atoms with Crippen LogP contribution in [0.3, 0.4) is 0 Å². The molecule has 3 heterocycles. The standard InChI is InChI=1S/C18H28N4O4Si/c1-24-18(23)16-15-11-14(21-5-7-25-8-6-21)12-19-17(15)22(20-16)13-26-9-10-27(2,3)4/h11-12H,5-10,13H2,1-4H3. The van der Waals surface area contributed by atoms with Crippen LogP contribution in [0.5, 0.6) is 0 Å². The topological polar surface area (TPSA) is 78.7 Å². The lowest BCUT2D eigenvalue weighted by molar-refractivity contribution is 0.0585. The van der Waals surface area contributed by atoms with Crippen molar-refractivity contribution in [1.82, 2.24) is 14.8 Å². The molecule has 0 bridgehead atoms. The lowest BCUT2D eigenvalue weighted by atomic mass is 10.2. The molecule has 3 rings (SSSR count). The molecular weight excluding hydrogens is 364 g/mol. The third kappa shape index (κ3) is 4.85. The van der Waals surface area contributed by atoms with Gasteiger partial charge in [-0.05, 0) is 12.1 Å². The summed E-state index contributed by atoms with van der Waals surface area (Å²) in [5.41, 5.74) is 1.85. The third-order valence-electron chi connectivity index (χ3n) is 4.54. The molecule has 0 N–H and O–H groups in total. The monoisotopic (exact) mass is 392 g/mol. The molecule has 0 amide bonds. The number of hydrogen-bond acceptors (Lipinski definition) is 7. The summed E-state index contributed by atoms with van der Waals surface area (Å²) in [6.45, 7) is 10.8. The number of carbonyl (C=O) groups is 1. The number of pyridine rings is 1. The highest BCUT2D eigenvalue weighted by molar-refractivity contribution is 6.76. The highest BCUT2D eigenvalue weighted by Crippen LogP contribution is 2.24. The molecule has 9 heteroatoms. The van der Waals surface area contributed by atoms with E-state index in [0.29, 0.717) is 30.9 Å². The minimum atomic E-state index is -1.15. The van der Waals surface area contributed by atoms with Crippen molar-refractivity contribution in [3.63, 3.8) is 0 Å². The summed E-state index contributed by atoms with van der Waals surface area (Å²) < 4.78 is 17.7. The van der Waals surface area contributed by atoms with E-state index in [2.05, 4.69) is 34.6 Å². The fourth-order valence-electron chi connectivity index (χ4n) is 2.91. The number of anilines is 1. The molecule has 27 heavy (non-hydrogen) atoms. The zero-order valence-electron chi connectivity index (χ0n) is 16.5. The molecule has 2 aromatic heterocycles. The fraction of sp³-hybridized carbons (Fsp3) is 0.611. The van der Waals surface area contributed by atoms with Crippen LogP contribution in [0.1, 0.15) is 10.5 Å². The Kier molecular flexibility index (Phi) is 6.13. The summed E-state index contributed by atoms with van der Waals surface area (Å²) in [6, 6.07) is 3.02. The number of methoxy groups -OCH3 is 1. The number of rotatable bonds is 7. The van der Waals surface area contributed by atoms with Crippen LogP contribution < -0.4 is 4.90 Å². The molecule has 1 aliphatic heterocycles. The maximum Gasteiger partial charge on any atom is 0.359 e. The third-order valence-corrected chi connectivity index (χ3v) is 6.24. The van der Waals surface area contributed by atoms with E-state index in [1.807, 2.05) is 12.3 Å². The zero-order chi connectivity index (χ0) is 19.4. The molecule has 0 spiro atoms. The maximum absolute atomic E-state index is 12.2. The quantitative estimate of drug-likeness (QED) is 0.407. The largest absolute Gasteiger partial charge is 0.464 e. The first-order valence-corrected chi connectivity index (χ1v) is 12.9. The summed E-state index contributed by atoms with van der Waals surface area (Å²) >= 11 is 0. The molecule has 148 valence electrons. The second-order valence-corrected chi connectivity index (χ2v) is 13.5. The average Bonchev–Trinajstić information content (AvgIpc) is 3.02. The summed E-state index contributed by atoms with van der Waals surface area (Å²) in [5.74, 6) is -0.471. The number of hydrogen-bond donors (Lipinski definition) is 0. The molecule has 0 aromatic carbocycles. The van der Waals surface area contributed by atoms with E-state index < -0.39 is 14.0 Å².